The molecule has 1 rings (SSSR count). The van der Waals surface area contributed by atoms with Gasteiger partial charge in [0.1, 0.15) is 0 Å². The monoisotopic (exact) mass is 276 g/mol. The smallest absolute Gasteiger partial charge is 0.239 e. The van der Waals surface area contributed by atoms with Crippen molar-refractivity contribution in [3.63, 3.8) is 0 Å². The maximum Gasteiger partial charge on any atom is 0.239 e. The second-order valence-electron chi connectivity index (χ2n) is 6.15. The predicted molar refractivity (Wildman–Crippen MR) is 84.7 cm³/mol. The van der Waals surface area contributed by atoms with Crippen LogP contribution >= 0.6 is 0 Å². The summed E-state index contributed by atoms with van der Waals surface area (Å²) in [6.07, 6.45) is 0.863. The molecule has 1 aromatic rings. The summed E-state index contributed by atoms with van der Waals surface area (Å²) in [4.78, 5) is 13.9. The minimum atomic E-state index is -0.107. The van der Waals surface area contributed by atoms with E-state index in [2.05, 4.69) is 51.2 Å². The minimum Gasteiger partial charge on any atom is -0.347 e. The van der Waals surface area contributed by atoms with E-state index in [0.717, 1.165) is 13.0 Å². The molecule has 0 aromatic heterocycles. The highest BCUT2D eigenvalue weighted by atomic mass is 16.2. The van der Waals surface area contributed by atoms with Gasteiger partial charge in [-0.25, -0.2) is 0 Å². The second kappa shape index (κ2) is 7.44. The molecule has 1 unspecified atom stereocenters. The first kappa shape index (κ1) is 16.7. The molecule has 1 aromatic carbocycles. The third kappa shape index (κ3) is 4.64. The molecule has 0 aliphatic rings. The molecule has 112 valence electrons. The third-order valence-corrected chi connectivity index (χ3v) is 3.70. The van der Waals surface area contributed by atoms with Crippen LogP contribution in [0.5, 0.6) is 0 Å². The summed E-state index contributed by atoms with van der Waals surface area (Å²) >= 11 is 0. The highest BCUT2D eigenvalue weighted by molar-refractivity contribution is 5.81. The number of rotatable bonds is 6. The van der Waals surface area contributed by atoms with E-state index >= 15 is 0 Å². The standard InChI is InChI=1S/C17H28N2O/c1-12(2)10-16(17(20)19(5)6)18-11-15-9-7-8-13(3)14(15)4/h7-9,12,16,18H,10-11H2,1-6H3. The van der Waals surface area contributed by atoms with Gasteiger partial charge < -0.3 is 10.2 Å². The highest BCUT2D eigenvalue weighted by Crippen LogP contribution is 2.14. The van der Waals surface area contributed by atoms with Gasteiger partial charge in [-0.1, -0.05) is 32.0 Å². The number of nitrogens with one attached hydrogen (secondary N) is 1. The number of carbonyl (C=O) groups is 1. The van der Waals surface area contributed by atoms with Gasteiger partial charge in [0.15, 0.2) is 0 Å². The number of hydrogen-bond donors (Lipinski definition) is 1. The van der Waals surface area contributed by atoms with Crippen LogP contribution in [-0.4, -0.2) is 30.9 Å². The van der Waals surface area contributed by atoms with Crippen molar-refractivity contribution in [3.05, 3.63) is 34.9 Å². The Hall–Kier alpha value is -1.35. The fourth-order valence-electron chi connectivity index (χ4n) is 2.29. The zero-order chi connectivity index (χ0) is 15.3. The molecule has 1 amide bonds. The summed E-state index contributed by atoms with van der Waals surface area (Å²) in [7, 11) is 3.63. The first-order valence-corrected chi connectivity index (χ1v) is 7.32. The fourth-order valence-corrected chi connectivity index (χ4v) is 2.29. The average molecular weight is 276 g/mol. The third-order valence-electron chi connectivity index (χ3n) is 3.70. The van der Waals surface area contributed by atoms with Crippen LogP contribution in [0.4, 0.5) is 0 Å². The van der Waals surface area contributed by atoms with Gasteiger partial charge in [0.2, 0.25) is 5.91 Å². The lowest BCUT2D eigenvalue weighted by atomic mass is 10.0. The highest BCUT2D eigenvalue weighted by Gasteiger charge is 2.20. The average Bonchev–Trinajstić information content (AvgIpc) is 2.37. The lowest BCUT2D eigenvalue weighted by Gasteiger charge is -2.23. The Morgan fingerprint density at radius 2 is 1.90 bits per heavy atom. The van der Waals surface area contributed by atoms with E-state index in [1.54, 1.807) is 4.90 Å². The van der Waals surface area contributed by atoms with Crippen molar-refractivity contribution in [2.75, 3.05) is 14.1 Å². The van der Waals surface area contributed by atoms with Crippen molar-refractivity contribution < 1.29 is 4.79 Å². The Labute approximate surface area is 123 Å². The topological polar surface area (TPSA) is 32.3 Å². The van der Waals surface area contributed by atoms with Crippen LogP contribution in [0.15, 0.2) is 18.2 Å². The molecule has 0 fully saturated rings. The van der Waals surface area contributed by atoms with E-state index in [1.807, 2.05) is 14.1 Å². The molecule has 0 bridgehead atoms. The number of amides is 1. The van der Waals surface area contributed by atoms with E-state index in [4.69, 9.17) is 0 Å². The van der Waals surface area contributed by atoms with Crippen LogP contribution in [0.1, 0.15) is 37.0 Å². The van der Waals surface area contributed by atoms with Crippen LogP contribution in [0.2, 0.25) is 0 Å². The lowest BCUT2D eigenvalue weighted by Crippen LogP contribution is -2.44. The van der Waals surface area contributed by atoms with E-state index in [9.17, 15) is 4.79 Å². The van der Waals surface area contributed by atoms with Gasteiger partial charge in [0, 0.05) is 20.6 Å². The van der Waals surface area contributed by atoms with E-state index in [0.29, 0.717) is 5.92 Å². The quantitative estimate of drug-likeness (QED) is 0.866. The lowest BCUT2D eigenvalue weighted by molar-refractivity contribution is -0.131. The van der Waals surface area contributed by atoms with Crippen LogP contribution in [-0.2, 0) is 11.3 Å². The zero-order valence-corrected chi connectivity index (χ0v) is 13.7. The van der Waals surface area contributed by atoms with Crippen LogP contribution in [0, 0.1) is 19.8 Å². The molecule has 0 aliphatic carbocycles. The molecular weight excluding hydrogens is 248 g/mol. The number of benzene rings is 1. The van der Waals surface area contributed by atoms with Crippen molar-refractivity contribution in [1.29, 1.82) is 0 Å². The largest absolute Gasteiger partial charge is 0.347 e. The normalized spacial score (nSPS) is 12.6. The maximum absolute atomic E-state index is 12.2. The van der Waals surface area contributed by atoms with Crippen LogP contribution in [0.25, 0.3) is 0 Å². The van der Waals surface area contributed by atoms with E-state index in [1.165, 1.54) is 16.7 Å². The summed E-state index contributed by atoms with van der Waals surface area (Å²) < 4.78 is 0. The van der Waals surface area contributed by atoms with Gasteiger partial charge in [-0.05, 0) is 42.9 Å². The molecule has 0 spiro atoms. The summed E-state index contributed by atoms with van der Waals surface area (Å²) in [6.45, 7) is 9.29. The Kier molecular flexibility index (Phi) is 6.21. The zero-order valence-electron chi connectivity index (χ0n) is 13.7. The molecule has 0 heterocycles. The molecule has 3 nitrogen and oxygen atoms in total. The van der Waals surface area contributed by atoms with Crippen LogP contribution < -0.4 is 5.32 Å². The second-order valence-corrected chi connectivity index (χ2v) is 6.15. The van der Waals surface area contributed by atoms with Crippen molar-refractivity contribution in [3.8, 4) is 0 Å². The SMILES string of the molecule is Cc1cccc(CNC(CC(C)C)C(=O)N(C)C)c1C. The molecule has 0 radical (unpaired) electrons. The fraction of sp³-hybridized carbons (Fsp3) is 0.588. The number of hydrogen-bond acceptors (Lipinski definition) is 2. The van der Waals surface area contributed by atoms with Gasteiger partial charge in [0.25, 0.3) is 0 Å². The summed E-state index contributed by atoms with van der Waals surface area (Å²) in [5, 5.41) is 3.43. The number of carbonyl (C=O) groups excluding carboxylic acids is 1. The molecule has 0 saturated carbocycles. The predicted octanol–water partition coefficient (Wildman–Crippen LogP) is 2.90. The van der Waals surface area contributed by atoms with Crippen molar-refractivity contribution in [2.45, 2.75) is 46.7 Å². The van der Waals surface area contributed by atoms with Gasteiger partial charge in [0.05, 0.1) is 6.04 Å². The molecule has 1 N–H and O–H groups in total. The Morgan fingerprint density at radius 1 is 1.25 bits per heavy atom. The van der Waals surface area contributed by atoms with Crippen molar-refractivity contribution >= 4 is 5.91 Å². The van der Waals surface area contributed by atoms with Crippen molar-refractivity contribution in [2.24, 2.45) is 5.92 Å². The first-order valence-electron chi connectivity index (χ1n) is 7.32. The van der Waals surface area contributed by atoms with E-state index in [-0.39, 0.29) is 11.9 Å². The Morgan fingerprint density at radius 3 is 2.45 bits per heavy atom. The summed E-state index contributed by atoms with van der Waals surface area (Å²) in [5.41, 5.74) is 3.87. The van der Waals surface area contributed by atoms with Gasteiger partial charge in [-0.2, -0.15) is 0 Å². The van der Waals surface area contributed by atoms with E-state index < -0.39 is 0 Å². The number of likely N-dealkylation sites (N-methyl/N-ethyl adjacent to an activating group) is 1. The molecule has 0 saturated heterocycles. The Balaban J connectivity index is 2.75. The molecular formula is C17H28N2O. The molecule has 3 heteroatoms. The summed E-state index contributed by atoms with van der Waals surface area (Å²) in [5.74, 6) is 0.652. The minimum absolute atomic E-state index is 0.107. The van der Waals surface area contributed by atoms with Gasteiger partial charge >= 0.3 is 0 Å². The molecule has 0 aliphatic heterocycles. The van der Waals surface area contributed by atoms with Gasteiger partial charge in [-0.3, -0.25) is 4.79 Å². The summed E-state index contributed by atoms with van der Waals surface area (Å²) in [6, 6.07) is 6.21. The molecule has 20 heavy (non-hydrogen) atoms. The number of nitrogens with zero attached hydrogens (tertiary/aromatic N) is 1. The maximum atomic E-state index is 12.2. The van der Waals surface area contributed by atoms with Crippen molar-refractivity contribution in [1.82, 2.24) is 10.2 Å². The van der Waals surface area contributed by atoms with Crippen LogP contribution in [0.3, 0.4) is 0 Å². The van der Waals surface area contributed by atoms with Gasteiger partial charge in [-0.15, -0.1) is 0 Å². The number of aryl methyl sites for hydroxylation is 1. The first-order chi connectivity index (χ1) is 9.32. The Bertz CT molecular complexity index is 452. The molecule has 1 atom stereocenters.